The van der Waals surface area contributed by atoms with Gasteiger partial charge in [-0.2, -0.15) is 0 Å². The molecule has 1 amide bonds. The lowest BCUT2D eigenvalue weighted by Gasteiger charge is -2.39. The lowest BCUT2D eigenvalue weighted by atomic mass is 9.99. The van der Waals surface area contributed by atoms with Crippen LogP contribution in [0.4, 0.5) is 5.13 Å². The summed E-state index contributed by atoms with van der Waals surface area (Å²) in [5, 5.41) is 17.1. The van der Waals surface area contributed by atoms with Crippen molar-refractivity contribution in [1.29, 1.82) is 0 Å². The number of rotatable bonds is 7. The molecule has 4 N–H and O–H groups in total. The molecule has 0 aliphatic carbocycles. The van der Waals surface area contributed by atoms with Crippen molar-refractivity contribution in [1.82, 2.24) is 25.6 Å². The highest BCUT2D eigenvalue weighted by atomic mass is 35.5. The number of carboxylic acids is 1. The Kier molecular flexibility index (Phi) is 6.63. The molecular weight excluding hydrogens is 452 g/mol. The number of benzene rings is 1. The Balaban J connectivity index is 1.50. The predicted molar refractivity (Wildman–Crippen MR) is 125 cm³/mol. The first-order valence-corrected chi connectivity index (χ1v) is 11.8. The molecule has 0 saturated carbocycles. The second-order valence-electron chi connectivity index (χ2n) is 7.64. The highest BCUT2D eigenvalue weighted by Crippen LogP contribution is 2.33. The fraction of sp³-hybridized carbons (Fsp3) is 0.429. The summed E-state index contributed by atoms with van der Waals surface area (Å²) in [5.74, 6) is -1.02. The van der Waals surface area contributed by atoms with Crippen LogP contribution in [0.3, 0.4) is 0 Å². The van der Waals surface area contributed by atoms with Crippen molar-refractivity contribution >= 4 is 50.2 Å². The first kappa shape index (κ1) is 22.5. The third-order valence-electron chi connectivity index (χ3n) is 5.60. The molecule has 1 aromatic carbocycles. The quantitative estimate of drug-likeness (QED) is 0.413. The minimum absolute atomic E-state index is 0.000244. The monoisotopic (exact) mass is 476 g/mol. The summed E-state index contributed by atoms with van der Waals surface area (Å²) < 4.78 is 0.673. The Morgan fingerprint density at radius 3 is 2.81 bits per heavy atom. The van der Waals surface area contributed by atoms with Gasteiger partial charge in [-0.05, 0) is 31.5 Å². The Hall–Kier alpha value is -2.69. The molecule has 1 aliphatic rings. The van der Waals surface area contributed by atoms with Gasteiger partial charge in [0.2, 0.25) is 0 Å². The van der Waals surface area contributed by atoms with Crippen molar-refractivity contribution in [2.24, 2.45) is 0 Å². The molecule has 0 bridgehead atoms. The van der Waals surface area contributed by atoms with Crippen LogP contribution < -0.4 is 15.5 Å². The second kappa shape index (κ2) is 9.43. The van der Waals surface area contributed by atoms with E-state index in [-0.39, 0.29) is 29.4 Å². The molecular formula is C21H25ClN6O3S. The van der Waals surface area contributed by atoms with Gasteiger partial charge in [-0.15, -0.1) is 0 Å². The molecule has 4 rings (SSSR count). The van der Waals surface area contributed by atoms with Crippen LogP contribution in [0.25, 0.3) is 10.2 Å². The van der Waals surface area contributed by atoms with Crippen molar-refractivity contribution in [2.75, 3.05) is 24.5 Å². The number of fused-ring (bicyclic) bond motifs is 1. The molecule has 32 heavy (non-hydrogen) atoms. The molecule has 1 fully saturated rings. The first-order chi connectivity index (χ1) is 15.4. The zero-order valence-corrected chi connectivity index (χ0v) is 19.4. The van der Waals surface area contributed by atoms with Crippen LogP contribution in [0.5, 0.6) is 0 Å². The molecule has 9 nitrogen and oxygen atoms in total. The minimum atomic E-state index is -0.956. The topological polar surface area (TPSA) is 123 Å². The number of thiazole rings is 1. The van der Waals surface area contributed by atoms with E-state index in [1.165, 1.54) is 11.3 Å². The maximum atomic E-state index is 12.7. The number of carbonyl (C=O) groups excluding carboxylic acids is 1. The molecule has 1 aliphatic heterocycles. The zero-order valence-electron chi connectivity index (χ0n) is 17.8. The maximum absolute atomic E-state index is 12.7. The normalized spacial score (nSPS) is 18.8. The number of carboxylic acid groups (broad SMARTS) is 1. The van der Waals surface area contributed by atoms with Crippen LogP contribution >= 0.6 is 22.9 Å². The van der Waals surface area contributed by atoms with Crippen molar-refractivity contribution < 1.29 is 14.7 Å². The van der Waals surface area contributed by atoms with Gasteiger partial charge in [0.1, 0.15) is 0 Å². The average Bonchev–Trinajstić information content (AvgIpc) is 3.38. The van der Waals surface area contributed by atoms with Crippen LogP contribution in [-0.2, 0) is 6.42 Å². The SMILES string of the molecule is CCN[C@H]1CN(c2nc3cccc(C(=O)O)c3s2)CC[C@@H]1NC(=O)c1nc(Cl)c(CC)[nH]1. The van der Waals surface area contributed by atoms with Gasteiger partial charge in [0, 0.05) is 25.2 Å². The van der Waals surface area contributed by atoms with E-state index < -0.39 is 5.97 Å². The standard InChI is InChI=1S/C21H25ClN6O3S/c1-3-12-17(22)27-18(24-12)19(29)25-13-8-9-28(10-15(13)23-4-2)21-26-14-7-5-6-11(20(30)31)16(14)32-21/h5-7,13,15,23H,3-4,8-10H2,1-2H3,(H,24,27)(H,25,29)(H,30,31)/t13-,15-/m0/s1. The van der Waals surface area contributed by atoms with E-state index >= 15 is 0 Å². The summed E-state index contributed by atoms with van der Waals surface area (Å²) in [4.78, 5) is 38.2. The first-order valence-electron chi connectivity index (χ1n) is 10.6. The van der Waals surface area contributed by atoms with Gasteiger partial charge in [-0.25, -0.2) is 14.8 Å². The molecule has 0 spiro atoms. The zero-order chi connectivity index (χ0) is 22.8. The van der Waals surface area contributed by atoms with E-state index in [1.807, 2.05) is 19.9 Å². The van der Waals surface area contributed by atoms with Gasteiger partial charge in [0.15, 0.2) is 16.1 Å². The molecule has 1 saturated heterocycles. The van der Waals surface area contributed by atoms with E-state index in [0.29, 0.717) is 41.3 Å². The van der Waals surface area contributed by atoms with Gasteiger partial charge in [0.05, 0.1) is 21.5 Å². The number of anilines is 1. The number of nitrogens with one attached hydrogen (secondary N) is 3. The minimum Gasteiger partial charge on any atom is -0.478 e. The largest absolute Gasteiger partial charge is 0.478 e. The number of imidazole rings is 1. The number of hydrogen-bond donors (Lipinski definition) is 4. The fourth-order valence-electron chi connectivity index (χ4n) is 3.98. The molecule has 2 atom stereocenters. The number of likely N-dealkylation sites (N-methyl/N-ethyl adjacent to an activating group) is 1. The number of hydrogen-bond acceptors (Lipinski definition) is 7. The summed E-state index contributed by atoms with van der Waals surface area (Å²) in [7, 11) is 0. The van der Waals surface area contributed by atoms with E-state index in [0.717, 1.165) is 17.4 Å². The molecule has 3 aromatic rings. The number of amides is 1. The summed E-state index contributed by atoms with van der Waals surface area (Å²) >= 11 is 7.46. The van der Waals surface area contributed by atoms with Crippen LogP contribution in [-0.4, -0.2) is 63.7 Å². The smallest absolute Gasteiger partial charge is 0.337 e. The highest BCUT2D eigenvalue weighted by molar-refractivity contribution is 7.22. The molecule has 0 unspecified atom stereocenters. The number of piperidine rings is 1. The molecule has 3 heterocycles. The maximum Gasteiger partial charge on any atom is 0.337 e. The van der Waals surface area contributed by atoms with E-state index in [2.05, 4.69) is 30.5 Å². The van der Waals surface area contributed by atoms with Gasteiger partial charge in [0.25, 0.3) is 5.91 Å². The number of carbonyl (C=O) groups is 2. The van der Waals surface area contributed by atoms with Gasteiger partial charge in [-0.3, -0.25) is 4.79 Å². The molecule has 11 heteroatoms. The number of aromatic carboxylic acids is 1. The lowest BCUT2D eigenvalue weighted by Crippen LogP contribution is -2.59. The second-order valence-corrected chi connectivity index (χ2v) is 8.98. The van der Waals surface area contributed by atoms with Gasteiger partial charge < -0.3 is 25.6 Å². The van der Waals surface area contributed by atoms with Crippen molar-refractivity contribution in [3.05, 3.63) is 40.4 Å². The van der Waals surface area contributed by atoms with Crippen LogP contribution in [0.2, 0.25) is 5.15 Å². The predicted octanol–water partition coefficient (Wildman–Crippen LogP) is 2.92. The molecule has 170 valence electrons. The van der Waals surface area contributed by atoms with E-state index in [9.17, 15) is 14.7 Å². The summed E-state index contributed by atoms with van der Waals surface area (Å²) in [6, 6.07) is 5.05. The van der Waals surface area contributed by atoms with Crippen LogP contribution in [0.15, 0.2) is 18.2 Å². The highest BCUT2D eigenvalue weighted by Gasteiger charge is 2.32. The molecule has 2 aromatic heterocycles. The summed E-state index contributed by atoms with van der Waals surface area (Å²) in [6.45, 7) is 6.04. The molecule has 0 radical (unpaired) electrons. The Labute approximate surface area is 194 Å². The number of H-pyrrole nitrogens is 1. The number of aromatic amines is 1. The van der Waals surface area contributed by atoms with Crippen LogP contribution in [0, 0.1) is 0 Å². The van der Waals surface area contributed by atoms with Crippen molar-refractivity contribution in [3.63, 3.8) is 0 Å². The number of aromatic nitrogens is 3. The third-order valence-corrected chi connectivity index (χ3v) is 7.08. The van der Waals surface area contributed by atoms with Crippen LogP contribution in [0.1, 0.15) is 46.9 Å². The van der Waals surface area contributed by atoms with Gasteiger partial charge >= 0.3 is 5.97 Å². The Morgan fingerprint density at radius 1 is 1.31 bits per heavy atom. The summed E-state index contributed by atoms with van der Waals surface area (Å²) in [5.41, 5.74) is 1.69. The Morgan fingerprint density at radius 2 is 2.12 bits per heavy atom. The van der Waals surface area contributed by atoms with Gasteiger partial charge in [-0.1, -0.05) is 42.9 Å². The number of aryl methyl sites for hydroxylation is 1. The van der Waals surface area contributed by atoms with E-state index in [4.69, 9.17) is 11.6 Å². The van der Waals surface area contributed by atoms with Crippen molar-refractivity contribution in [2.45, 2.75) is 38.8 Å². The lowest BCUT2D eigenvalue weighted by molar-refractivity contribution is 0.0699. The third kappa shape index (κ3) is 4.43. The summed E-state index contributed by atoms with van der Waals surface area (Å²) in [6.07, 6.45) is 1.38. The average molecular weight is 477 g/mol. The fourth-order valence-corrected chi connectivity index (χ4v) is 5.35. The van der Waals surface area contributed by atoms with Crippen molar-refractivity contribution in [3.8, 4) is 0 Å². The Bertz CT molecular complexity index is 1150. The number of halogens is 1. The van der Waals surface area contributed by atoms with E-state index in [1.54, 1.807) is 12.1 Å². The number of nitrogens with zero attached hydrogens (tertiary/aromatic N) is 3.